The van der Waals surface area contributed by atoms with Crippen molar-refractivity contribution in [3.8, 4) is 17.0 Å². The summed E-state index contributed by atoms with van der Waals surface area (Å²) in [6, 6.07) is 10.8. The fourth-order valence-electron chi connectivity index (χ4n) is 4.37. The van der Waals surface area contributed by atoms with Crippen molar-refractivity contribution in [3.63, 3.8) is 0 Å². The van der Waals surface area contributed by atoms with Gasteiger partial charge in [-0.15, -0.1) is 10.2 Å². The summed E-state index contributed by atoms with van der Waals surface area (Å²) in [5.74, 6) is 0.785. The third kappa shape index (κ3) is 7.19. The summed E-state index contributed by atoms with van der Waals surface area (Å²) in [5, 5.41) is 10.2. The van der Waals surface area contributed by atoms with Crippen LogP contribution in [0.2, 0.25) is 25.7 Å². The van der Waals surface area contributed by atoms with Crippen LogP contribution in [0.3, 0.4) is 0 Å². The molecule has 1 aliphatic heterocycles. The number of methoxy groups -OCH3 is 1. The zero-order chi connectivity index (χ0) is 28.4. The molecular weight excluding hydrogens is 580 g/mol. The number of hydrogen-bond acceptors (Lipinski definition) is 7. The summed E-state index contributed by atoms with van der Waals surface area (Å²) in [6.07, 6.45) is -0.293. The highest BCUT2D eigenvalue weighted by Gasteiger charge is 2.38. The van der Waals surface area contributed by atoms with Gasteiger partial charge in [0.25, 0.3) is 0 Å². The summed E-state index contributed by atoms with van der Waals surface area (Å²) < 4.78 is 25.6. The molecule has 9 nitrogen and oxygen atoms in total. The minimum absolute atomic E-state index is 0.113. The molecular formula is C28H39BrN4O5Si. The molecule has 11 heteroatoms. The van der Waals surface area contributed by atoms with E-state index >= 15 is 0 Å². The molecule has 3 aromatic rings. The fourth-order valence-corrected chi connectivity index (χ4v) is 5.95. The van der Waals surface area contributed by atoms with Crippen LogP contribution in [0.15, 0.2) is 34.8 Å². The third-order valence-electron chi connectivity index (χ3n) is 6.41. The Balaban J connectivity index is 1.66. The maximum absolute atomic E-state index is 12.6. The molecule has 0 aliphatic carbocycles. The van der Waals surface area contributed by atoms with E-state index in [0.717, 1.165) is 32.8 Å². The van der Waals surface area contributed by atoms with Gasteiger partial charge in [0.05, 0.1) is 5.69 Å². The minimum atomic E-state index is -1.23. The van der Waals surface area contributed by atoms with E-state index in [1.807, 2.05) is 51.1 Å². The Kier molecular flexibility index (Phi) is 9.04. The van der Waals surface area contributed by atoms with Crippen LogP contribution in [0.5, 0.6) is 5.75 Å². The Bertz CT molecular complexity index is 1310. The van der Waals surface area contributed by atoms with Crippen molar-refractivity contribution < 1.29 is 23.7 Å². The number of amides is 1. The molecule has 1 aliphatic rings. The van der Waals surface area contributed by atoms with Gasteiger partial charge in [-0.3, -0.25) is 0 Å². The Morgan fingerprint density at radius 2 is 1.87 bits per heavy atom. The number of ether oxygens (including phenoxy) is 4. The molecule has 39 heavy (non-hydrogen) atoms. The predicted octanol–water partition coefficient (Wildman–Crippen LogP) is 6.49. The van der Waals surface area contributed by atoms with Gasteiger partial charge in [0, 0.05) is 61.9 Å². The number of likely N-dealkylation sites (tertiary alicyclic amines) is 1. The van der Waals surface area contributed by atoms with Gasteiger partial charge in [0.15, 0.2) is 12.4 Å². The number of rotatable bonds is 10. The lowest BCUT2D eigenvalue weighted by Crippen LogP contribution is -2.50. The summed E-state index contributed by atoms with van der Waals surface area (Å²) in [7, 11) is 0.362. The second kappa shape index (κ2) is 12.0. The first-order chi connectivity index (χ1) is 18.4. The van der Waals surface area contributed by atoms with Crippen molar-refractivity contribution in [3.05, 3.63) is 40.5 Å². The molecule has 1 amide bonds. The molecule has 1 aromatic carbocycles. The number of hydrogen-bond donors (Lipinski definition) is 0. The van der Waals surface area contributed by atoms with Gasteiger partial charge in [0.1, 0.15) is 18.1 Å². The van der Waals surface area contributed by atoms with E-state index in [1.165, 1.54) is 0 Å². The van der Waals surface area contributed by atoms with E-state index < -0.39 is 13.7 Å². The van der Waals surface area contributed by atoms with Crippen molar-refractivity contribution >= 4 is 41.1 Å². The lowest BCUT2D eigenvalue weighted by molar-refractivity contribution is 0.00677. The Morgan fingerprint density at radius 1 is 1.15 bits per heavy atom. The number of para-hydroxylation sites is 1. The van der Waals surface area contributed by atoms with E-state index in [-0.39, 0.29) is 18.8 Å². The maximum atomic E-state index is 12.6. The van der Waals surface area contributed by atoms with E-state index in [4.69, 9.17) is 18.9 Å². The molecule has 1 saturated heterocycles. The van der Waals surface area contributed by atoms with Gasteiger partial charge >= 0.3 is 6.09 Å². The van der Waals surface area contributed by atoms with Crippen LogP contribution in [0.1, 0.15) is 32.4 Å². The van der Waals surface area contributed by atoms with Gasteiger partial charge in [-0.25, -0.2) is 4.79 Å². The first-order valence-corrected chi connectivity index (χ1v) is 17.7. The van der Waals surface area contributed by atoms with Crippen molar-refractivity contribution in [2.24, 2.45) is 0 Å². The van der Waals surface area contributed by atoms with Crippen molar-refractivity contribution in [2.75, 3.05) is 33.6 Å². The first kappa shape index (κ1) is 29.5. The Hall–Kier alpha value is -2.47. The Morgan fingerprint density at radius 3 is 2.54 bits per heavy atom. The zero-order valence-corrected chi connectivity index (χ0v) is 26.5. The number of nitrogens with zero attached hydrogens (tertiary/aromatic N) is 4. The van der Waals surface area contributed by atoms with E-state index in [9.17, 15) is 4.79 Å². The molecule has 0 unspecified atom stereocenters. The highest BCUT2D eigenvalue weighted by Crippen LogP contribution is 2.40. The molecule has 0 atom stereocenters. The largest absolute Gasteiger partial charge is 0.467 e. The number of halogens is 1. The summed E-state index contributed by atoms with van der Waals surface area (Å²) in [4.78, 5) is 14.3. The van der Waals surface area contributed by atoms with Crippen molar-refractivity contribution in [1.82, 2.24) is 19.7 Å². The minimum Gasteiger partial charge on any atom is -0.467 e. The SMILES string of the molecule is COCOc1ccccc1-c1cc2c(Br)c(C3CN(C(=O)OC(C)(C)C)C3)n(COCC[Si](C)(C)C)c2nn1. The second-order valence-electron chi connectivity index (χ2n) is 12.1. The molecule has 0 radical (unpaired) electrons. The average molecular weight is 620 g/mol. The van der Waals surface area contributed by atoms with Crippen LogP contribution < -0.4 is 4.74 Å². The second-order valence-corrected chi connectivity index (χ2v) is 18.5. The van der Waals surface area contributed by atoms with Gasteiger partial charge < -0.3 is 28.4 Å². The lowest BCUT2D eigenvalue weighted by atomic mass is 9.96. The van der Waals surface area contributed by atoms with E-state index in [0.29, 0.717) is 37.9 Å². The molecule has 3 heterocycles. The fraction of sp³-hybridized carbons (Fsp3) is 0.536. The standard InChI is InChI=1S/C28H39BrN4O5Si/c1-28(2,3)38-27(34)32-15-19(16-32)25-24(29)21-14-22(20-10-8-9-11-23(20)37-18-35-4)30-31-26(21)33(25)17-36-12-13-39(5,6)7/h8-11,14,19H,12-13,15-18H2,1-7H3. The molecule has 2 aromatic heterocycles. The Labute approximate surface area is 239 Å². The molecule has 0 N–H and O–H groups in total. The van der Waals surface area contributed by atoms with Crippen molar-refractivity contribution in [2.45, 2.75) is 64.7 Å². The number of carbonyl (C=O) groups excluding carboxylic acids is 1. The van der Waals surface area contributed by atoms with Crippen LogP contribution in [0.4, 0.5) is 4.79 Å². The summed E-state index contributed by atoms with van der Waals surface area (Å²) >= 11 is 3.87. The van der Waals surface area contributed by atoms with Crippen molar-refractivity contribution in [1.29, 1.82) is 0 Å². The zero-order valence-electron chi connectivity index (χ0n) is 23.9. The molecule has 0 spiro atoms. The smallest absolute Gasteiger partial charge is 0.410 e. The average Bonchev–Trinajstić information content (AvgIpc) is 3.09. The molecule has 4 rings (SSSR count). The van der Waals surface area contributed by atoms with Gasteiger partial charge in [-0.2, -0.15) is 0 Å². The third-order valence-corrected chi connectivity index (χ3v) is 8.95. The molecule has 1 fully saturated rings. The number of carbonyl (C=O) groups is 1. The monoisotopic (exact) mass is 618 g/mol. The maximum Gasteiger partial charge on any atom is 0.410 e. The van der Waals surface area contributed by atoms with Crippen LogP contribution >= 0.6 is 15.9 Å². The van der Waals surface area contributed by atoms with Crippen LogP contribution in [-0.2, 0) is 20.9 Å². The molecule has 212 valence electrons. The quantitative estimate of drug-likeness (QED) is 0.146. The van der Waals surface area contributed by atoms with Crippen LogP contribution in [0.25, 0.3) is 22.3 Å². The van der Waals surface area contributed by atoms with Crippen LogP contribution in [0, 0.1) is 0 Å². The molecule has 0 saturated carbocycles. The van der Waals surface area contributed by atoms with Gasteiger partial charge in [-0.1, -0.05) is 31.8 Å². The van der Waals surface area contributed by atoms with Crippen LogP contribution in [-0.4, -0.2) is 73.0 Å². The van der Waals surface area contributed by atoms with Gasteiger partial charge in [0.2, 0.25) is 0 Å². The topological polar surface area (TPSA) is 87.9 Å². The van der Waals surface area contributed by atoms with E-state index in [1.54, 1.807) is 12.0 Å². The highest BCUT2D eigenvalue weighted by atomic mass is 79.9. The normalized spacial score (nSPS) is 14.5. The lowest BCUT2D eigenvalue weighted by Gasteiger charge is -2.40. The number of fused-ring (bicyclic) bond motifs is 1. The summed E-state index contributed by atoms with van der Waals surface area (Å²) in [6.45, 7) is 15.0. The first-order valence-electron chi connectivity index (χ1n) is 13.2. The molecule has 0 bridgehead atoms. The number of aromatic nitrogens is 3. The highest BCUT2D eigenvalue weighted by molar-refractivity contribution is 9.10. The predicted molar refractivity (Wildman–Crippen MR) is 158 cm³/mol. The number of benzene rings is 1. The summed E-state index contributed by atoms with van der Waals surface area (Å²) in [5.41, 5.74) is 2.78. The van der Waals surface area contributed by atoms with Gasteiger partial charge in [-0.05, 0) is 60.9 Å². The van der Waals surface area contributed by atoms with E-state index in [2.05, 4.69) is 50.3 Å².